The highest BCUT2D eigenvalue weighted by atomic mass is 14.9. The van der Waals surface area contributed by atoms with E-state index in [1.165, 1.54) is 10.6 Å². The average molecular weight is 234 g/mol. The molecule has 1 aromatic heterocycles. The number of benzene rings is 1. The molecule has 1 heteroatoms. The molecule has 0 saturated carbocycles. The largest absolute Gasteiger partial charge is 0.212 e. The van der Waals surface area contributed by atoms with Crippen LogP contribution >= 0.6 is 0 Å². The molecule has 0 amide bonds. The van der Waals surface area contributed by atoms with Gasteiger partial charge in [-0.05, 0) is 30.0 Å². The summed E-state index contributed by atoms with van der Waals surface area (Å²) in [5.41, 5.74) is 1.92. The summed E-state index contributed by atoms with van der Waals surface area (Å²) in [5.74, 6) is -2.82. The maximum atomic E-state index is 8.33. The SMILES string of the molecule is [2H]c1cc(C([2H])(C([2H])([2H])[2H])C([2H])([2H])[2H])cc(-c2ccccc2C)[n+]1C. The average Bonchev–Trinajstić information content (AvgIpc) is 2.47. The Morgan fingerprint density at radius 2 is 2.06 bits per heavy atom. The lowest BCUT2D eigenvalue weighted by atomic mass is 9.99. The molecule has 2 aromatic rings. The molecule has 17 heavy (non-hydrogen) atoms. The van der Waals surface area contributed by atoms with Gasteiger partial charge in [0.25, 0.3) is 0 Å². The van der Waals surface area contributed by atoms with Crippen molar-refractivity contribution >= 4 is 0 Å². The molecule has 0 saturated heterocycles. The quantitative estimate of drug-likeness (QED) is 0.699. The smallest absolute Gasteiger partial charge is 0.201 e. The molecule has 0 aliphatic carbocycles. The summed E-state index contributed by atoms with van der Waals surface area (Å²) >= 11 is 0. The van der Waals surface area contributed by atoms with Crippen LogP contribution in [0.25, 0.3) is 11.3 Å². The molecule has 0 radical (unpaired) electrons. The van der Waals surface area contributed by atoms with Gasteiger partial charge in [0.1, 0.15) is 8.42 Å². The Morgan fingerprint density at radius 3 is 2.76 bits per heavy atom. The molecule has 1 aromatic carbocycles. The fraction of sp³-hybridized carbons (Fsp3) is 0.312. The van der Waals surface area contributed by atoms with Gasteiger partial charge in [0.2, 0.25) is 5.69 Å². The first kappa shape index (κ1) is 5.34. The van der Waals surface area contributed by atoms with Crippen molar-refractivity contribution in [2.24, 2.45) is 7.05 Å². The van der Waals surface area contributed by atoms with E-state index in [2.05, 4.69) is 0 Å². The Balaban J connectivity index is 2.83. The topological polar surface area (TPSA) is 3.88 Å². The van der Waals surface area contributed by atoms with E-state index in [-0.39, 0.29) is 11.7 Å². The fourth-order valence-corrected chi connectivity index (χ4v) is 1.78. The van der Waals surface area contributed by atoms with Crippen molar-refractivity contribution < 1.29 is 15.5 Å². The number of rotatable bonds is 2. The molecular formula is C16H20N+. The van der Waals surface area contributed by atoms with Crippen molar-refractivity contribution in [3.63, 3.8) is 0 Å². The summed E-state index contributed by atoms with van der Waals surface area (Å²) in [7, 11) is 1.64. The molecule has 2 rings (SSSR count). The molecule has 0 atom stereocenters. The second-order valence-electron chi connectivity index (χ2n) is 4.01. The zero-order valence-corrected chi connectivity index (χ0v) is 9.91. The molecule has 0 bridgehead atoms. The Hall–Kier alpha value is -1.63. The van der Waals surface area contributed by atoms with Crippen LogP contribution in [0.4, 0.5) is 0 Å². The van der Waals surface area contributed by atoms with Crippen LogP contribution in [0.15, 0.2) is 42.6 Å². The van der Waals surface area contributed by atoms with Crippen molar-refractivity contribution in [3.8, 4) is 11.3 Å². The van der Waals surface area contributed by atoms with Gasteiger partial charge < -0.3 is 0 Å². The summed E-state index contributed by atoms with van der Waals surface area (Å²) in [5, 5.41) is 0. The van der Waals surface area contributed by atoms with Crippen molar-refractivity contribution in [3.05, 3.63) is 53.7 Å². The lowest BCUT2D eigenvalue weighted by Gasteiger charge is -2.08. The molecule has 0 aliphatic heterocycles. The number of aromatic nitrogens is 1. The van der Waals surface area contributed by atoms with Gasteiger partial charge in [-0.15, -0.1) is 0 Å². The minimum Gasteiger partial charge on any atom is -0.201 e. The molecule has 1 heterocycles. The molecule has 0 fully saturated rings. The summed E-state index contributed by atoms with van der Waals surface area (Å²) in [6.07, 6.45) is -0.0686. The normalized spacial score (nSPS) is 19.9. The van der Waals surface area contributed by atoms with Gasteiger partial charge in [0.05, 0.1) is 0 Å². The minimum absolute atomic E-state index is 0.0686. The van der Waals surface area contributed by atoms with Crippen molar-refractivity contribution in [1.29, 1.82) is 0 Å². The molecular weight excluding hydrogens is 206 g/mol. The third kappa shape index (κ3) is 2.38. The lowest BCUT2D eigenvalue weighted by molar-refractivity contribution is -0.660. The zero-order chi connectivity index (χ0) is 19.2. The Morgan fingerprint density at radius 1 is 1.29 bits per heavy atom. The highest BCUT2D eigenvalue weighted by molar-refractivity contribution is 5.61. The van der Waals surface area contributed by atoms with E-state index < -0.39 is 19.6 Å². The van der Waals surface area contributed by atoms with Gasteiger partial charge in [-0.2, -0.15) is 0 Å². The number of hydrogen-bond donors (Lipinski definition) is 0. The fourth-order valence-electron chi connectivity index (χ4n) is 1.78. The molecule has 0 N–H and O–H groups in total. The molecule has 0 spiro atoms. The first-order chi connectivity index (χ1) is 11.3. The van der Waals surface area contributed by atoms with Crippen LogP contribution in [-0.2, 0) is 7.05 Å². The van der Waals surface area contributed by atoms with Gasteiger partial charge in [-0.1, -0.05) is 31.9 Å². The van der Waals surface area contributed by atoms with E-state index in [0.717, 1.165) is 17.2 Å². The van der Waals surface area contributed by atoms with E-state index in [4.69, 9.17) is 11.0 Å². The zero-order valence-electron chi connectivity index (χ0n) is 17.9. The lowest BCUT2D eigenvalue weighted by Crippen LogP contribution is -2.30. The number of pyridine rings is 1. The van der Waals surface area contributed by atoms with Crippen LogP contribution in [0.5, 0.6) is 0 Å². The van der Waals surface area contributed by atoms with Gasteiger partial charge in [-0.25, -0.2) is 4.57 Å². The van der Waals surface area contributed by atoms with Crippen molar-refractivity contribution in [2.75, 3.05) is 0 Å². The van der Waals surface area contributed by atoms with E-state index in [9.17, 15) is 0 Å². The van der Waals surface area contributed by atoms with Crippen LogP contribution in [0.1, 0.15) is 41.7 Å². The van der Waals surface area contributed by atoms with E-state index in [0.29, 0.717) is 5.69 Å². The molecule has 0 aliphatic rings. The van der Waals surface area contributed by atoms with Gasteiger partial charge >= 0.3 is 0 Å². The molecule has 0 unspecified atom stereocenters. The van der Waals surface area contributed by atoms with Crippen molar-refractivity contribution in [1.82, 2.24) is 0 Å². The minimum atomic E-state index is -3.08. The Bertz CT molecular complexity index is 778. The predicted octanol–water partition coefficient (Wildman–Crippen LogP) is 3.61. The van der Waals surface area contributed by atoms with E-state index in [1.54, 1.807) is 13.1 Å². The first-order valence-corrected chi connectivity index (χ1v) is 5.38. The van der Waals surface area contributed by atoms with Crippen molar-refractivity contribution in [2.45, 2.75) is 26.5 Å². The summed E-state index contributed by atoms with van der Waals surface area (Å²) < 4.78 is 63.8. The monoisotopic (exact) mass is 234 g/mol. The molecule has 88 valence electrons. The third-order valence-electron chi connectivity index (χ3n) is 2.78. The summed E-state index contributed by atoms with van der Waals surface area (Å²) in [4.78, 5) is 0. The van der Waals surface area contributed by atoms with E-state index >= 15 is 0 Å². The second kappa shape index (κ2) is 4.70. The highest BCUT2D eigenvalue weighted by Crippen LogP contribution is 2.23. The number of hydrogen-bond acceptors (Lipinski definition) is 0. The van der Waals surface area contributed by atoms with Crippen LogP contribution in [0.2, 0.25) is 0 Å². The Kier molecular flexibility index (Phi) is 1.48. The van der Waals surface area contributed by atoms with Crippen LogP contribution in [-0.4, -0.2) is 0 Å². The number of nitrogens with zero attached hydrogens (tertiary/aromatic N) is 1. The van der Waals surface area contributed by atoms with Gasteiger partial charge in [0.15, 0.2) is 6.17 Å². The third-order valence-corrected chi connectivity index (χ3v) is 2.78. The van der Waals surface area contributed by atoms with Crippen LogP contribution < -0.4 is 4.57 Å². The Labute approximate surface area is 115 Å². The maximum absolute atomic E-state index is 8.33. The highest BCUT2D eigenvalue weighted by Gasteiger charge is 2.13. The van der Waals surface area contributed by atoms with Gasteiger partial charge in [-0.3, -0.25) is 0 Å². The predicted molar refractivity (Wildman–Crippen MR) is 71.9 cm³/mol. The van der Waals surface area contributed by atoms with E-state index in [1.807, 2.05) is 25.1 Å². The van der Waals surface area contributed by atoms with Crippen LogP contribution in [0, 0.1) is 6.92 Å². The molecule has 1 nitrogen and oxygen atoms in total. The summed E-state index contributed by atoms with van der Waals surface area (Å²) in [6, 6.07) is 9.88. The second-order valence-corrected chi connectivity index (χ2v) is 4.01. The standard InChI is InChI=1S/C16H20N/c1-12(2)14-9-10-17(4)16(11-14)15-8-6-5-7-13(15)3/h5-12H,1-4H3/q+1/i1D3,2D3,10D,12D. The maximum Gasteiger partial charge on any atom is 0.212 e. The van der Waals surface area contributed by atoms with Gasteiger partial charge in [0, 0.05) is 27.3 Å². The summed E-state index contributed by atoms with van der Waals surface area (Å²) in [6.45, 7) is -4.28. The first-order valence-electron chi connectivity index (χ1n) is 9.38. The number of aryl methyl sites for hydroxylation is 1. The van der Waals surface area contributed by atoms with Crippen LogP contribution in [0.3, 0.4) is 0 Å².